The predicted molar refractivity (Wildman–Crippen MR) is 108 cm³/mol. The second kappa shape index (κ2) is 9.89. The van der Waals surface area contributed by atoms with Crippen molar-refractivity contribution in [3.63, 3.8) is 0 Å². The van der Waals surface area contributed by atoms with Crippen LogP contribution in [0.4, 0.5) is 4.39 Å². The van der Waals surface area contributed by atoms with E-state index in [1.807, 2.05) is 6.08 Å². The highest BCUT2D eigenvalue weighted by atomic mass is 19.1. The summed E-state index contributed by atoms with van der Waals surface area (Å²) in [4.78, 5) is 13.0. The van der Waals surface area contributed by atoms with Crippen molar-refractivity contribution in [1.82, 2.24) is 5.32 Å². The van der Waals surface area contributed by atoms with Gasteiger partial charge in [0.2, 0.25) is 0 Å². The number of esters is 1. The normalized spacial score (nSPS) is 23.4. The van der Waals surface area contributed by atoms with Crippen molar-refractivity contribution in [2.45, 2.75) is 31.7 Å². The SMILES string of the molecule is CCOC(=O)C1C(COCCN)NC2=C(CCC=C2)C1c1cc(OC)ccc1F. The molecule has 1 heterocycles. The standard InChI is InChI=1S/C22H29FN2O4/c1-3-29-22(26)21-19(13-28-11-10-24)25-18-7-5-4-6-15(18)20(21)16-12-14(27-2)8-9-17(16)23/h5,7-9,12,19-21,25H,3-4,6,10-11,13,24H2,1-2H3. The first-order chi connectivity index (χ1) is 14.1. The Kier molecular flexibility index (Phi) is 7.28. The number of rotatable bonds is 8. The van der Waals surface area contributed by atoms with Crippen molar-refractivity contribution >= 4 is 5.97 Å². The number of methoxy groups -OCH3 is 1. The van der Waals surface area contributed by atoms with Gasteiger partial charge in [0.1, 0.15) is 11.6 Å². The molecule has 158 valence electrons. The molecule has 7 heteroatoms. The van der Waals surface area contributed by atoms with E-state index in [-0.39, 0.29) is 31.0 Å². The lowest BCUT2D eigenvalue weighted by atomic mass is 9.71. The van der Waals surface area contributed by atoms with Gasteiger partial charge >= 0.3 is 5.97 Å². The van der Waals surface area contributed by atoms with E-state index in [0.717, 1.165) is 24.1 Å². The van der Waals surface area contributed by atoms with Gasteiger partial charge in [-0.05, 0) is 55.2 Å². The van der Waals surface area contributed by atoms with Gasteiger partial charge in [-0.3, -0.25) is 4.79 Å². The highest BCUT2D eigenvalue weighted by Crippen LogP contribution is 2.44. The topological polar surface area (TPSA) is 82.8 Å². The van der Waals surface area contributed by atoms with Crippen LogP contribution in [0.5, 0.6) is 5.75 Å². The molecule has 0 amide bonds. The lowest BCUT2D eigenvalue weighted by Gasteiger charge is -2.41. The molecular formula is C22H29FN2O4. The number of hydrogen-bond donors (Lipinski definition) is 2. The number of carbonyl (C=O) groups is 1. The molecule has 1 aromatic rings. The number of benzene rings is 1. The average Bonchev–Trinajstić information content (AvgIpc) is 2.73. The number of halogens is 1. The number of ether oxygens (including phenoxy) is 3. The van der Waals surface area contributed by atoms with Gasteiger partial charge in [-0.15, -0.1) is 0 Å². The Labute approximate surface area is 170 Å². The van der Waals surface area contributed by atoms with Gasteiger partial charge in [0.25, 0.3) is 0 Å². The monoisotopic (exact) mass is 404 g/mol. The second-order valence-electron chi connectivity index (χ2n) is 7.14. The van der Waals surface area contributed by atoms with E-state index in [1.54, 1.807) is 26.2 Å². The van der Waals surface area contributed by atoms with Gasteiger partial charge < -0.3 is 25.3 Å². The van der Waals surface area contributed by atoms with Crippen LogP contribution in [0.1, 0.15) is 31.2 Å². The molecule has 6 nitrogen and oxygen atoms in total. The van der Waals surface area contributed by atoms with Crippen LogP contribution in [-0.2, 0) is 14.3 Å². The van der Waals surface area contributed by atoms with Crippen LogP contribution >= 0.6 is 0 Å². The van der Waals surface area contributed by atoms with Gasteiger partial charge in [-0.25, -0.2) is 4.39 Å². The third kappa shape index (κ3) is 4.62. The van der Waals surface area contributed by atoms with Crippen LogP contribution in [0.25, 0.3) is 0 Å². The molecule has 0 saturated carbocycles. The van der Waals surface area contributed by atoms with Crippen molar-refractivity contribution in [2.75, 3.05) is 33.5 Å². The van der Waals surface area contributed by atoms with Crippen LogP contribution in [0.2, 0.25) is 0 Å². The van der Waals surface area contributed by atoms with E-state index in [2.05, 4.69) is 11.4 Å². The van der Waals surface area contributed by atoms with Gasteiger partial charge in [-0.2, -0.15) is 0 Å². The van der Waals surface area contributed by atoms with E-state index in [1.165, 1.54) is 6.07 Å². The summed E-state index contributed by atoms with van der Waals surface area (Å²) in [6.45, 7) is 3.06. The van der Waals surface area contributed by atoms with Crippen molar-refractivity contribution in [3.8, 4) is 5.75 Å². The van der Waals surface area contributed by atoms with Crippen LogP contribution in [0.15, 0.2) is 41.6 Å². The molecule has 0 spiro atoms. The molecular weight excluding hydrogens is 375 g/mol. The Hall–Kier alpha value is -2.38. The molecule has 0 fully saturated rings. The highest BCUT2D eigenvalue weighted by molar-refractivity contribution is 5.76. The fourth-order valence-corrected chi connectivity index (χ4v) is 4.13. The molecule has 3 rings (SSSR count). The first-order valence-corrected chi connectivity index (χ1v) is 10.0. The Morgan fingerprint density at radius 3 is 2.93 bits per heavy atom. The van der Waals surface area contributed by atoms with E-state index in [4.69, 9.17) is 19.9 Å². The van der Waals surface area contributed by atoms with Gasteiger partial charge in [0.05, 0.1) is 38.9 Å². The number of carbonyl (C=O) groups excluding carboxylic acids is 1. The minimum atomic E-state index is -0.625. The molecule has 1 aliphatic carbocycles. The van der Waals surface area contributed by atoms with Crippen molar-refractivity contribution in [1.29, 1.82) is 0 Å². The summed E-state index contributed by atoms with van der Waals surface area (Å²) >= 11 is 0. The average molecular weight is 404 g/mol. The lowest BCUT2D eigenvalue weighted by Crippen LogP contribution is -2.51. The summed E-state index contributed by atoms with van der Waals surface area (Å²) in [7, 11) is 1.54. The summed E-state index contributed by atoms with van der Waals surface area (Å²) < 4.78 is 31.4. The third-order valence-corrected chi connectivity index (χ3v) is 5.38. The Balaban J connectivity index is 2.09. The summed E-state index contributed by atoms with van der Waals surface area (Å²) in [6.07, 6.45) is 5.66. The molecule has 1 aromatic carbocycles. The summed E-state index contributed by atoms with van der Waals surface area (Å²) in [6, 6.07) is 4.28. The van der Waals surface area contributed by atoms with Gasteiger partial charge in [-0.1, -0.05) is 6.08 Å². The zero-order valence-electron chi connectivity index (χ0n) is 16.9. The van der Waals surface area contributed by atoms with Crippen LogP contribution < -0.4 is 15.8 Å². The molecule has 0 bridgehead atoms. The van der Waals surface area contributed by atoms with Crippen LogP contribution in [0.3, 0.4) is 0 Å². The van der Waals surface area contributed by atoms with E-state index >= 15 is 0 Å². The number of nitrogens with two attached hydrogens (primary N) is 1. The summed E-state index contributed by atoms with van der Waals surface area (Å²) in [5, 5.41) is 3.42. The van der Waals surface area contributed by atoms with E-state index < -0.39 is 11.8 Å². The second-order valence-corrected chi connectivity index (χ2v) is 7.14. The maximum atomic E-state index is 15.0. The molecule has 0 aromatic heterocycles. The summed E-state index contributed by atoms with van der Waals surface area (Å²) in [5.41, 5.74) is 7.91. The third-order valence-electron chi connectivity index (χ3n) is 5.38. The van der Waals surface area contributed by atoms with Crippen LogP contribution in [0, 0.1) is 11.7 Å². The molecule has 3 unspecified atom stereocenters. The first-order valence-electron chi connectivity index (χ1n) is 10.0. The Bertz CT molecular complexity index is 793. The zero-order chi connectivity index (χ0) is 20.8. The highest BCUT2D eigenvalue weighted by Gasteiger charge is 2.45. The Morgan fingerprint density at radius 1 is 1.38 bits per heavy atom. The minimum Gasteiger partial charge on any atom is -0.497 e. The minimum absolute atomic E-state index is 0.255. The zero-order valence-corrected chi connectivity index (χ0v) is 16.9. The molecule has 3 atom stereocenters. The molecule has 2 aliphatic rings. The molecule has 1 aliphatic heterocycles. The fraction of sp³-hybridized carbons (Fsp3) is 0.500. The van der Waals surface area contributed by atoms with E-state index in [9.17, 15) is 9.18 Å². The maximum absolute atomic E-state index is 15.0. The van der Waals surface area contributed by atoms with Crippen LogP contribution in [-0.4, -0.2) is 45.5 Å². The lowest BCUT2D eigenvalue weighted by molar-refractivity contribution is -0.150. The smallest absolute Gasteiger partial charge is 0.312 e. The molecule has 0 saturated heterocycles. The predicted octanol–water partition coefficient (Wildman–Crippen LogP) is 2.65. The number of nitrogens with one attached hydrogen (secondary N) is 1. The van der Waals surface area contributed by atoms with Crippen molar-refractivity contribution in [2.24, 2.45) is 11.7 Å². The maximum Gasteiger partial charge on any atom is 0.312 e. The van der Waals surface area contributed by atoms with Crippen molar-refractivity contribution in [3.05, 3.63) is 53.0 Å². The van der Waals surface area contributed by atoms with Crippen molar-refractivity contribution < 1.29 is 23.4 Å². The first kappa shape index (κ1) is 21.3. The quantitative estimate of drug-likeness (QED) is 0.512. The van der Waals surface area contributed by atoms with E-state index in [0.29, 0.717) is 24.5 Å². The molecule has 3 N–H and O–H groups in total. The molecule has 29 heavy (non-hydrogen) atoms. The Morgan fingerprint density at radius 2 is 2.21 bits per heavy atom. The molecule has 0 radical (unpaired) electrons. The van der Waals surface area contributed by atoms with Gasteiger partial charge in [0.15, 0.2) is 0 Å². The van der Waals surface area contributed by atoms with Gasteiger partial charge in [0, 0.05) is 18.2 Å². The number of hydrogen-bond acceptors (Lipinski definition) is 6. The summed E-state index contributed by atoms with van der Waals surface area (Å²) in [5.74, 6) is -1.27. The number of allylic oxidation sites excluding steroid dienone is 3. The fourth-order valence-electron chi connectivity index (χ4n) is 4.13. The largest absolute Gasteiger partial charge is 0.497 e.